The number of aromatic carboxylic acids is 1. The van der Waals surface area contributed by atoms with Gasteiger partial charge in [0.05, 0.1) is 16.7 Å². The maximum Gasteiger partial charge on any atom is 0.354 e. The van der Waals surface area contributed by atoms with Crippen molar-refractivity contribution < 1.29 is 15.0 Å². The first kappa shape index (κ1) is 15.3. The van der Waals surface area contributed by atoms with E-state index < -0.39 is 17.1 Å². The first-order valence-corrected chi connectivity index (χ1v) is 6.75. The van der Waals surface area contributed by atoms with Gasteiger partial charge in [-0.2, -0.15) is 0 Å². The molecule has 21 heavy (non-hydrogen) atoms. The van der Waals surface area contributed by atoms with Crippen molar-refractivity contribution in [3.8, 4) is 0 Å². The Kier molecular flexibility index (Phi) is 3.63. The van der Waals surface area contributed by atoms with Gasteiger partial charge in [-0.15, -0.1) is 0 Å². The molecule has 1 heterocycles. The fraction of sp³-hybridized carbons (Fsp3) is 0.375. The monoisotopic (exact) mass is 288 g/mol. The van der Waals surface area contributed by atoms with E-state index in [0.29, 0.717) is 11.2 Å². The van der Waals surface area contributed by atoms with Crippen molar-refractivity contribution in [2.75, 3.05) is 5.32 Å². The average molecular weight is 288 g/mol. The molecule has 3 N–H and O–H groups in total. The third-order valence-corrected chi connectivity index (χ3v) is 3.91. The largest absolute Gasteiger partial charge is 0.477 e. The number of carbonyl (C=O) groups is 1. The van der Waals surface area contributed by atoms with Crippen LogP contribution < -0.4 is 5.32 Å². The Morgan fingerprint density at radius 2 is 1.81 bits per heavy atom. The van der Waals surface area contributed by atoms with Gasteiger partial charge in [-0.25, -0.2) is 9.78 Å². The van der Waals surface area contributed by atoms with E-state index in [1.165, 1.54) is 6.07 Å². The minimum atomic E-state index is -1.08. The van der Waals surface area contributed by atoms with E-state index in [2.05, 4.69) is 10.3 Å². The molecule has 1 aromatic heterocycles. The number of fused-ring (bicyclic) bond motifs is 1. The summed E-state index contributed by atoms with van der Waals surface area (Å²) in [5.41, 5.74) is -0.410. The number of nitrogens with one attached hydrogen (secondary N) is 1. The third kappa shape index (κ3) is 2.97. The number of hydrogen-bond acceptors (Lipinski definition) is 4. The Hall–Kier alpha value is -2.14. The van der Waals surface area contributed by atoms with Gasteiger partial charge in [-0.3, -0.25) is 0 Å². The van der Waals surface area contributed by atoms with E-state index in [1.807, 2.05) is 32.0 Å². The van der Waals surface area contributed by atoms with Crippen molar-refractivity contribution in [1.82, 2.24) is 4.98 Å². The molecule has 0 radical (unpaired) electrons. The lowest BCUT2D eigenvalue weighted by molar-refractivity contribution is 0.0241. The molecule has 0 spiro atoms. The molecular formula is C16H20N2O3. The Bertz CT molecular complexity index is 687. The van der Waals surface area contributed by atoms with Crippen LogP contribution in [0.3, 0.4) is 0 Å². The predicted molar refractivity (Wildman–Crippen MR) is 82.7 cm³/mol. The van der Waals surface area contributed by atoms with Crippen molar-refractivity contribution in [2.24, 2.45) is 0 Å². The molecule has 0 aliphatic carbocycles. The highest BCUT2D eigenvalue weighted by Crippen LogP contribution is 2.30. The normalized spacial score (nSPS) is 12.4. The second-order valence-corrected chi connectivity index (χ2v) is 6.19. The summed E-state index contributed by atoms with van der Waals surface area (Å²) in [5, 5.41) is 23.5. The molecule has 0 bridgehead atoms. The number of aliphatic hydroxyl groups is 1. The van der Waals surface area contributed by atoms with Gasteiger partial charge in [0.2, 0.25) is 0 Å². The molecule has 0 aliphatic heterocycles. The van der Waals surface area contributed by atoms with Crippen molar-refractivity contribution in [2.45, 2.75) is 38.8 Å². The smallest absolute Gasteiger partial charge is 0.354 e. The zero-order chi connectivity index (χ0) is 15.8. The van der Waals surface area contributed by atoms with E-state index >= 15 is 0 Å². The molecule has 112 valence electrons. The van der Waals surface area contributed by atoms with Crippen LogP contribution in [-0.4, -0.2) is 32.3 Å². The molecule has 0 fully saturated rings. The molecule has 0 amide bonds. The standard InChI is InChI=1S/C16H20N2O3/c1-15(2,16(3,4)21)18-12-9-13(14(19)20)17-11-8-6-5-7-10(11)12/h5-9,21H,1-4H3,(H,17,18)(H,19,20). The number of carboxylic acids is 1. The Labute approximate surface area is 123 Å². The van der Waals surface area contributed by atoms with Crippen LogP contribution in [0.15, 0.2) is 30.3 Å². The number of benzene rings is 1. The minimum absolute atomic E-state index is 0.0252. The van der Waals surface area contributed by atoms with Crippen LogP contribution in [0.25, 0.3) is 10.9 Å². The minimum Gasteiger partial charge on any atom is -0.477 e. The molecule has 1 aromatic carbocycles. The van der Waals surface area contributed by atoms with Gasteiger partial charge in [0.15, 0.2) is 5.69 Å². The van der Waals surface area contributed by atoms with Crippen LogP contribution in [0.2, 0.25) is 0 Å². The molecule has 5 nitrogen and oxygen atoms in total. The SMILES string of the molecule is CC(C)(O)C(C)(C)Nc1cc(C(=O)O)nc2ccccc12. The molecule has 2 aromatic rings. The van der Waals surface area contributed by atoms with E-state index in [9.17, 15) is 15.0 Å². The molecule has 0 unspecified atom stereocenters. The lowest BCUT2D eigenvalue weighted by Gasteiger charge is -2.39. The van der Waals surface area contributed by atoms with Crippen molar-refractivity contribution >= 4 is 22.6 Å². The van der Waals surface area contributed by atoms with Gasteiger partial charge >= 0.3 is 5.97 Å². The number of carboxylic acid groups (broad SMARTS) is 1. The zero-order valence-corrected chi connectivity index (χ0v) is 12.6. The summed E-state index contributed by atoms with van der Waals surface area (Å²) in [5.74, 6) is -1.08. The number of anilines is 1. The summed E-state index contributed by atoms with van der Waals surface area (Å²) in [7, 11) is 0. The second-order valence-electron chi connectivity index (χ2n) is 6.19. The molecule has 5 heteroatoms. The summed E-state index contributed by atoms with van der Waals surface area (Å²) >= 11 is 0. The van der Waals surface area contributed by atoms with Crippen LogP contribution in [0, 0.1) is 0 Å². The molecule has 0 saturated carbocycles. The second kappa shape index (κ2) is 5.00. The number of para-hydroxylation sites is 1. The van der Waals surface area contributed by atoms with Crippen LogP contribution in [0.1, 0.15) is 38.2 Å². The van der Waals surface area contributed by atoms with Crippen molar-refractivity contribution in [1.29, 1.82) is 0 Å². The summed E-state index contributed by atoms with van der Waals surface area (Å²) in [6.07, 6.45) is 0. The Morgan fingerprint density at radius 3 is 2.38 bits per heavy atom. The van der Waals surface area contributed by atoms with Crippen LogP contribution in [-0.2, 0) is 0 Å². The maximum atomic E-state index is 11.2. The average Bonchev–Trinajstić information content (AvgIpc) is 2.36. The van der Waals surface area contributed by atoms with E-state index in [-0.39, 0.29) is 5.69 Å². The van der Waals surface area contributed by atoms with Crippen molar-refractivity contribution in [3.63, 3.8) is 0 Å². The van der Waals surface area contributed by atoms with E-state index in [4.69, 9.17) is 0 Å². The highest BCUT2D eigenvalue weighted by molar-refractivity contribution is 5.97. The quantitative estimate of drug-likeness (QED) is 0.805. The summed E-state index contributed by atoms with van der Waals surface area (Å²) in [4.78, 5) is 15.3. The van der Waals surface area contributed by atoms with Gasteiger partial charge in [0, 0.05) is 11.1 Å². The van der Waals surface area contributed by atoms with Gasteiger partial charge < -0.3 is 15.5 Å². The van der Waals surface area contributed by atoms with E-state index in [0.717, 1.165) is 5.39 Å². The van der Waals surface area contributed by atoms with Gasteiger partial charge in [-0.05, 0) is 39.8 Å². The summed E-state index contributed by atoms with van der Waals surface area (Å²) in [6, 6.07) is 8.82. The van der Waals surface area contributed by atoms with Crippen LogP contribution in [0.5, 0.6) is 0 Å². The van der Waals surface area contributed by atoms with Gasteiger partial charge in [0.25, 0.3) is 0 Å². The lowest BCUT2D eigenvalue weighted by atomic mass is 9.85. The maximum absolute atomic E-state index is 11.2. The molecule has 2 rings (SSSR count). The Morgan fingerprint density at radius 1 is 1.19 bits per heavy atom. The lowest BCUT2D eigenvalue weighted by Crippen LogP contribution is -2.51. The van der Waals surface area contributed by atoms with Crippen molar-refractivity contribution in [3.05, 3.63) is 36.0 Å². The highest BCUT2D eigenvalue weighted by Gasteiger charge is 2.35. The molecule has 0 saturated heterocycles. The van der Waals surface area contributed by atoms with Crippen LogP contribution in [0.4, 0.5) is 5.69 Å². The number of nitrogens with zero attached hydrogens (tertiary/aromatic N) is 1. The third-order valence-electron chi connectivity index (χ3n) is 3.91. The topological polar surface area (TPSA) is 82.5 Å². The first-order chi connectivity index (χ1) is 9.62. The molecule has 0 aliphatic rings. The van der Waals surface area contributed by atoms with Crippen LogP contribution >= 0.6 is 0 Å². The predicted octanol–water partition coefficient (Wildman–Crippen LogP) is 2.89. The number of pyridine rings is 1. The Balaban J connectivity index is 2.59. The van der Waals surface area contributed by atoms with Gasteiger partial charge in [-0.1, -0.05) is 18.2 Å². The first-order valence-electron chi connectivity index (χ1n) is 6.75. The zero-order valence-electron chi connectivity index (χ0n) is 12.6. The number of hydrogen-bond donors (Lipinski definition) is 3. The fourth-order valence-corrected chi connectivity index (χ4v) is 1.88. The summed E-state index contributed by atoms with van der Waals surface area (Å²) in [6.45, 7) is 7.15. The fourth-order valence-electron chi connectivity index (χ4n) is 1.88. The van der Waals surface area contributed by atoms with E-state index in [1.54, 1.807) is 19.9 Å². The summed E-state index contributed by atoms with van der Waals surface area (Å²) < 4.78 is 0. The van der Waals surface area contributed by atoms with Gasteiger partial charge in [0.1, 0.15) is 0 Å². The highest BCUT2D eigenvalue weighted by atomic mass is 16.4. The molecule has 0 atom stereocenters. The molecular weight excluding hydrogens is 268 g/mol. The number of aromatic nitrogens is 1. The number of rotatable bonds is 4.